The van der Waals surface area contributed by atoms with Crippen LogP contribution >= 0.6 is 0 Å². The van der Waals surface area contributed by atoms with E-state index in [1.807, 2.05) is 0 Å². The first-order valence-corrected chi connectivity index (χ1v) is 5.85. The second kappa shape index (κ2) is 5.88. The van der Waals surface area contributed by atoms with Crippen molar-refractivity contribution in [2.75, 3.05) is 7.11 Å². The summed E-state index contributed by atoms with van der Waals surface area (Å²) in [5.41, 5.74) is 0.434. The van der Waals surface area contributed by atoms with Crippen molar-refractivity contribution in [1.29, 1.82) is 0 Å². The van der Waals surface area contributed by atoms with Crippen LogP contribution in [0, 0.1) is 10.1 Å². The van der Waals surface area contributed by atoms with E-state index >= 15 is 0 Å². The van der Waals surface area contributed by atoms with E-state index in [1.54, 1.807) is 0 Å². The fourth-order valence-corrected chi connectivity index (χ4v) is 1.75. The maximum absolute atomic E-state index is 12.1. The second-order valence-corrected chi connectivity index (χ2v) is 4.08. The Balaban J connectivity index is 2.38. The van der Waals surface area contributed by atoms with Gasteiger partial charge in [0.2, 0.25) is 5.88 Å². The summed E-state index contributed by atoms with van der Waals surface area (Å²) in [6.45, 7) is 0. The van der Waals surface area contributed by atoms with Crippen LogP contribution in [0.4, 0.5) is 18.9 Å². The van der Waals surface area contributed by atoms with Gasteiger partial charge in [-0.2, -0.15) is 0 Å². The molecule has 0 aliphatic carbocycles. The van der Waals surface area contributed by atoms with E-state index in [9.17, 15) is 23.3 Å². The Hall–Kier alpha value is -2.84. The number of alkyl halides is 3. The number of methoxy groups -OCH3 is 1. The van der Waals surface area contributed by atoms with E-state index in [1.165, 1.54) is 25.3 Å². The zero-order valence-corrected chi connectivity index (χ0v) is 11.1. The molecule has 0 fully saturated rings. The zero-order valence-electron chi connectivity index (χ0n) is 11.1. The third-order valence-corrected chi connectivity index (χ3v) is 2.64. The standard InChI is InChI=1S/C13H9F3N2O4/c1-21-12-11(6-9(7-17-12)18(19)20)8-2-4-10(5-3-8)22-13(14,15)16/h2-7H,1H3. The number of aromatic nitrogens is 1. The highest BCUT2D eigenvalue weighted by molar-refractivity contribution is 5.71. The first kappa shape index (κ1) is 15.5. The van der Waals surface area contributed by atoms with Crippen LogP contribution in [0.3, 0.4) is 0 Å². The first-order valence-electron chi connectivity index (χ1n) is 5.85. The van der Waals surface area contributed by atoms with E-state index in [-0.39, 0.29) is 17.1 Å². The Kier molecular flexibility index (Phi) is 4.15. The lowest BCUT2D eigenvalue weighted by atomic mass is 10.1. The molecule has 1 aromatic heterocycles. The molecule has 0 aliphatic rings. The topological polar surface area (TPSA) is 74.5 Å². The maximum Gasteiger partial charge on any atom is 0.573 e. The summed E-state index contributed by atoms with van der Waals surface area (Å²) >= 11 is 0. The van der Waals surface area contributed by atoms with Crippen molar-refractivity contribution in [3.63, 3.8) is 0 Å². The number of hydrogen-bond donors (Lipinski definition) is 0. The number of benzene rings is 1. The fourth-order valence-electron chi connectivity index (χ4n) is 1.75. The predicted octanol–water partition coefficient (Wildman–Crippen LogP) is 3.56. The maximum atomic E-state index is 12.1. The summed E-state index contributed by atoms with van der Waals surface area (Å²) in [6, 6.07) is 6.07. The average molecular weight is 314 g/mol. The van der Waals surface area contributed by atoms with Gasteiger partial charge in [-0.25, -0.2) is 4.98 Å². The fraction of sp³-hybridized carbons (Fsp3) is 0.154. The van der Waals surface area contributed by atoms with E-state index in [4.69, 9.17) is 4.74 Å². The molecule has 0 saturated carbocycles. The van der Waals surface area contributed by atoms with E-state index in [2.05, 4.69) is 9.72 Å². The van der Waals surface area contributed by atoms with Gasteiger partial charge in [-0.3, -0.25) is 10.1 Å². The molecule has 0 bridgehead atoms. The smallest absolute Gasteiger partial charge is 0.481 e. The summed E-state index contributed by atoms with van der Waals surface area (Å²) in [4.78, 5) is 13.9. The van der Waals surface area contributed by atoms with Gasteiger partial charge in [0.05, 0.1) is 17.6 Å². The summed E-state index contributed by atoms with van der Waals surface area (Å²) in [7, 11) is 1.33. The van der Waals surface area contributed by atoms with Gasteiger partial charge in [-0.1, -0.05) is 12.1 Å². The van der Waals surface area contributed by atoms with Crippen LogP contribution in [0.5, 0.6) is 11.6 Å². The Labute approximate surface area is 122 Å². The number of nitro groups is 1. The van der Waals surface area contributed by atoms with Gasteiger partial charge in [0, 0.05) is 6.07 Å². The molecule has 2 aromatic rings. The molecule has 0 spiro atoms. The second-order valence-electron chi connectivity index (χ2n) is 4.08. The van der Waals surface area contributed by atoms with Gasteiger partial charge in [0.1, 0.15) is 11.9 Å². The van der Waals surface area contributed by atoms with E-state index in [0.29, 0.717) is 5.56 Å². The van der Waals surface area contributed by atoms with Crippen molar-refractivity contribution < 1.29 is 27.6 Å². The van der Waals surface area contributed by atoms with Gasteiger partial charge in [0.25, 0.3) is 5.69 Å². The van der Waals surface area contributed by atoms with Crippen molar-refractivity contribution >= 4 is 5.69 Å². The predicted molar refractivity (Wildman–Crippen MR) is 69.6 cm³/mol. The highest BCUT2D eigenvalue weighted by atomic mass is 19.4. The molecule has 0 radical (unpaired) electrons. The lowest BCUT2D eigenvalue weighted by molar-refractivity contribution is -0.385. The van der Waals surface area contributed by atoms with Crippen molar-refractivity contribution in [3.05, 3.63) is 46.6 Å². The molecule has 0 N–H and O–H groups in total. The van der Waals surface area contributed by atoms with Crippen LogP contribution in [0.2, 0.25) is 0 Å². The normalized spacial score (nSPS) is 11.1. The van der Waals surface area contributed by atoms with Crippen LogP contribution in [0.1, 0.15) is 0 Å². The average Bonchev–Trinajstić information content (AvgIpc) is 2.45. The summed E-state index contributed by atoms with van der Waals surface area (Å²) in [5, 5.41) is 10.8. The Morgan fingerprint density at radius 1 is 1.23 bits per heavy atom. The van der Waals surface area contributed by atoms with Crippen molar-refractivity contribution in [1.82, 2.24) is 4.98 Å². The quantitative estimate of drug-likeness (QED) is 0.637. The monoisotopic (exact) mass is 314 g/mol. The molecule has 0 amide bonds. The highest BCUT2D eigenvalue weighted by Crippen LogP contribution is 2.33. The van der Waals surface area contributed by atoms with Gasteiger partial charge >= 0.3 is 6.36 Å². The number of hydrogen-bond acceptors (Lipinski definition) is 5. The number of rotatable bonds is 4. The van der Waals surface area contributed by atoms with E-state index < -0.39 is 17.0 Å². The minimum absolute atomic E-state index is 0.120. The van der Waals surface area contributed by atoms with Gasteiger partial charge in [-0.15, -0.1) is 13.2 Å². The minimum Gasteiger partial charge on any atom is -0.481 e. The number of pyridine rings is 1. The number of nitrogens with zero attached hydrogens (tertiary/aromatic N) is 2. The highest BCUT2D eigenvalue weighted by Gasteiger charge is 2.31. The van der Waals surface area contributed by atoms with Crippen LogP contribution in [-0.2, 0) is 0 Å². The van der Waals surface area contributed by atoms with Crippen molar-refractivity contribution in [3.8, 4) is 22.8 Å². The van der Waals surface area contributed by atoms with Gasteiger partial charge in [-0.05, 0) is 17.7 Å². The minimum atomic E-state index is -4.79. The van der Waals surface area contributed by atoms with Crippen molar-refractivity contribution in [2.24, 2.45) is 0 Å². The van der Waals surface area contributed by atoms with Crippen LogP contribution in [0.15, 0.2) is 36.5 Å². The Morgan fingerprint density at radius 2 is 1.86 bits per heavy atom. The largest absolute Gasteiger partial charge is 0.573 e. The molecule has 0 aliphatic heterocycles. The zero-order chi connectivity index (χ0) is 16.3. The first-order chi connectivity index (χ1) is 10.3. The Morgan fingerprint density at radius 3 is 2.36 bits per heavy atom. The molecule has 2 rings (SSSR count). The molecule has 1 aromatic carbocycles. The molecule has 0 atom stereocenters. The molecule has 0 unspecified atom stereocenters. The number of halogens is 3. The van der Waals surface area contributed by atoms with Gasteiger partial charge < -0.3 is 9.47 Å². The molecule has 116 valence electrons. The van der Waals surface area contributed by atoms with Crippen LogP contribution in [-0.4, -0.2) is 23.4 Å². The van der Waals surface area contributed by atoms with Gasteiger partial charge in [0.15, 0.2) is 0 Å². The summed E-state index contributed by atoms with van der Waals surface area (Å²) in [6.07, 6.45) is -3.75. The third kappa shape index (κ3) is 3.62. The molecule has 1 heterocycles. The lowest BCUT2D eigenvalue weighted by Gasteiger charge is -2.10. The molecule has 22 heavy (non-hydrogen) atoms. The molecule has 9 heteroatoms. The van der Waals surface area contributed by atoms with Crippen LogP contribution < -0.4 is 9.47 Å². The SMILES string of the molecule is COc1ncc([N+](=O)[O-])cc1-c1ccc(OC(F)(F)F)cc1. The van der Waals surface area contributed by atoms with Crippen molar-refractivity contribution in [2.45, 2.75) is 6.36 Å². The summed E-state index contributed by atoms with van der Waals surface area (Å²) in [5.74, 6) is -0.274. The van der Waals surface area contributed by atoms with Crippen LogP contribution in [0.25, 0.3) is 11.1 Å². The Bertz CT molecular complexity index is 687. The number of ether oxygens (including phenoxy) is 2. The molecular formula is C13H9F3N2O4. The lowest BCUT2D eigenvalue weighted by Crippen LogP contribution is -2.16. The molecular weight excluding hydrogens is 305 g/mol. The third-order valence-electron chi connectivity index (χ3n) is 2.64. The molecule has 6 nitrogen and oxygen atoms in total. The summed E-state index contributed by atoms with van der Waals surface area (Å²) < 4.78 is 45.1. The molecule has 0 saturated heterocycles. The van der Waals surface area contributed by atoms with E-state index in [0.717, 1.165) is 18.3 Å².